The smallest absolute Gasteiger partial charge is 0.294 e. The Balaban J connectivity index is 0.000000224. The van der Waals surface area contributed by atoms with E-state index in [1.165, 1.54) is 29.0 Å². The van der Waals surface area contributed by atoms with Crippen LogP contribution in [0.15, 0.2) is 53.4 Å². The van der Waals surface area contributed by atoms with Crippen molar-refractivity contribution >= 4 is 49.3 Å². The van der Waals surface area contributed by atoms with Gasteiger partial charge in [0.1, 0.15) is 5.01 Å². The summed E-state index contributed by atoms with van der Waals surface area (Å²) in [5, 5.41) is 7.32. The predicted molar refractivity (Wildman–Crippen MR) is 115 cm³/mol. The van der Waals surface area contributed by atoms with Crippen LogP contribution in [0.2, 0.25) is 0 Å². The maximum absolute atomic E-state index is 11.1. The zero-order chi connectivity index (χ0) is 21.0. The summed E-state index contributed by atoms with van der Waals surface area (Å²) < 4.78 is 31.9. The van der Waals surface area contributed by atoms with Gasteiger partial charge >= 0.3 is 0 Å². The van der Waals surface area contributed by atoms with Crippen LogP contribution in [0.1, 0.15) is 11.3 Å². The lowest BCUT2D eigenvalue weighted by atomic mass is 10.2. The number of aryl methyl sites for hydroxylation is 1. The molecule has 2 aromatic carbocycles. The van der Waals surface area contributed by atoms with E-state index in [4.69, 9.17) is 22.1 Å². The van der Waals surface area contributed by atoms with Gasteiger partial charge in [-0.25, -0.2) is 9.82 Å². The van der Waals surface area contributed by atoms with E-state index in [9.17, 15) is 8.42 Å². The number of nitrogens with one attached hydrogen (secondary N) is 2. The van der Waals surface area contributed by atoms with Gasteiger partial charge in [0.15, 0.2) is 5.82 Å². The molecule has 4 aromatic rings. The number of hydrogen-bond acceptors (Lipinski definition) is 7. The molecule has 0 saturated heterocycles. The molecule has 0 fully saturated rings. The molecule has 0 aliphatic carbocycles. The molecular weight excluding hydrogens is 434 g/mol. The van der Waals surface area contributed by atoms with Crippen molar-refractivity contribution in [3.05, 3.63) is 59.8 Å². The number of halogens is 1. The van der Waals surface area contributed by atoms with Crippen LogP contribution in [0, 0.1) is 6.92 Å². The standard InChI is InChI=1S/C11H10N4O3S2.C7H8ClN/c1-5-9(10(12)15-14-5)11-13-7-3-2-6(20(16,17)18)4-8(7)19-11;8-9-6-7-4-2-1-3-5-7/h2-4H,1H3,(H3,12,14,15)(H,16,17,18);1-5,9H,6H2. The second kappa shape index (κ2) is 8.89. The molecule has 11 heteroatoms. The third-order valence-electron chi connectivity index (χ3n) is 3.96. The molecule has 2 aromatic heterocycles. The van der Waals surface area contributed by atoms with Crippen LogP contribution in [-0.2, 0) is 16.7 Å². The maximum Gasteiger partial charge on any atom is 0.294 e. The molecule has 152 valence electrons. The highest BCUT2D eigenvalue weighted by Crippen LogP contribution is 2.35. The first-order valence-corrected chi connectivity index (χ1v) is 11.0. The van der Waals surface area contributed by atoms with Crippen molar-refractivity contribution in [2.75, 3.05) is 5.73 Å². The van der Waals surface area contributed by atoms with Gasteiger partial charge in [-0.2, -0.15) is 13.5 Å². The number of fused-ring (bicyclic) bond motifs is 1. The number of rotatable bonds is 4. The fraction of sp³-hybridized carbons (Fsp3) is 0.111. The van der Waals surface area contributed by atoms with Crippen LogP contribution < -0.4 is 10.6 Å². The number of aromatic amines is 1. The number of aromatic nitrogens is 3. The number of nitrogens with zero attached hydrogens (tertiary/aromatic N) is 2. The Morgan fingerprint density at radius 2 is 1.97 bits per heavy atom. The van der Waals surface area contributed by atoms with Crippen LogP contribution in [0.4, 0.5) is 5.82 Å². The van der Waals surface area contributed by atoms with E-state index in [0.717, 1.165) is 12.2 Å². The molecule has 0 radical (unpaired) electrons. The molecule has 29 heavy (non-hydrogen) atoms. The molecule has 8 nitrogen and oxygen atoms in total. The highest BCUT2D eigenvalue weighted by Gasteiger charge is 2.16. The topological polar surface area (TPSA) is 134 Å². The van der Waals surface area contributed by atoms with Crippen LogP contribution in [0.25, 0.3) is 20.8 Å². The third-order valence-corrected chi connectivity index (χ3v) is 5.98. The maximum atomic E-state index is 11.1. The zero-order valence-corrected chi connectivity index (χ0v) is 17.6. The first kappa shape index (κ1) is 21.2. The molecule has 5 N–H and O–H groups in total. The van der Waals surface area contributed by atoms with Crippen LogP contribution in [0.3, 0.4) is 0 Å². The lowest BCUT2D eigenvalue weighted by Crippen LogP contribution is -1.96. The molecule has 0 spiro atoms. The predicted octanol–water partition coefficient (Wildman–Crippen LogP) is 3.75. The van der Waals surface area contributed by atoms with Gasteiger partial charge in [0.25, 0.3) is 10.1 Å². The Morgan fingerprint density at radius 1 is 1.24 bits per heavy atom. The molecule has 0 amide bonds. The second-order valence-corrected chi connectivity index (χ2v) is 8.75. The normalized spacial score (nSPS) is 11.3. The van der Waals surface area contributed by atoms with Crippen LogP contribution >= 0.6 is 23.1 Å². The molecule has 0 aliphatic heterocycles. The van der Waals surface area contributed by atoms with E-state index in [1.54, 1.807) is 6.07 Å². The number of nitrogens with two attached hydrogens (primary N) is 1. The van der Waals surface area contributed by atoms with Gasteiger partial charge < -0.3 is 5.73 Å². The summed E-state index contributed by atoms with van der Waals surface area (Å²) in [4.78, 5) is 6.80. The average molecular weight is 452 g/mol. The first-order valence-electron chi connectivity index (χ1n) is 8.36. The summed E-state index contributed by atoms with van der Waals surface area (Å²) in [5.41, 5.74) is 9.12. The largest absolute Gasteiger partial charge is 0.382 e. The van der Waals surface area contributed by atoms with Gasteiger partial charge in [0.2, 0.25) is 0 Å². The Morgan fingerprint density at radius 3 is 2.55 bits per heavy atom. The first-order chi connectivity index (χ1) is 13.8. The highest BCUT2D eigenvalue weighted by atomic mass is 35.5. The second-order valence-electron chi connectivity index (χ2n) is 6.03. The fourth-order valence-electron chi connectivity index (χ4n) is 2.56. The van der Waals surface area contributed by atoms with Gasteiger partial charge in [-0.05, 0) is 42.5 Å². The summed E-state index contributed by atoms with van der Waals surface area (Å²) in [6.45, 7) is 2.55. The molecule has 0 atom stereocenters. The van der Waals surface area contributed by atoms with Gasteiger partial charge in [-0.1, -0.05) is 30.3 Å². The quantitative estimate of drug-likeness (QED) is 0.274. The van der Waals surface area contributed by atoms with E-state index in [0.29, 0.717) is 26.6 Å². The SMILES string of the molecule is Cc1[nH]nc(N)c1-c1nc2ccc(S(=O)(=O)O)cc2s1.ClNCc1ccccc1. The van der Waals surface area contributed by atoms with Crippen molar-refractivity contribution in [1.82, 2.24) is 20.0 Å². The average Bonchev–Trinajstić information content (AvgIpc) is 3.24. The Labute approximate surface area is 176 Å². The summed E-state index contributed by atoms with van der Waals surface area (Å²) in [6, 6.07) is 14.3. The van der Waals surface area contributed by atoms with Crippen molar-refractivity contribution in [1.29, 1.82) is 0 Å². The van der Waals surface area contributed by atoms with Crippen LogP contribution in [-0.4, -0.2) is 28.2 Å². The van der Waals surface area contributed by atoms with Crippen molar-refractivity contribution < 1.29 is 13.0 Å². The summed E-state index contributed by atoms with van der Waals surface area (Å²) in [5.74, 6) is 0.344. The third kappa shape index (κ3) is 5.11. The minimum Gasteiger partial charge on any atom is -0.382 e. The van der Waals surface area contributed by atoms with Crippen molar-refractivity contribution in [2.45, 2.75) is 18.4 Å². The molecule has 0 aliphatic rings. The van der Waals surface area contributed by atoms with Crippen molar-refractivity contribution in [2.24, 2.45) is 0 Å². The molecule has 2 heterocycles. The van der Waals surface area contributed by atoms with Crippen molar-refractivity contribution in [3.8, 4) is 10.6 Å². The Hall–Kier alpha value is -2.50. The number of benzene rings is 2. The van der Waals surface area contributed by atoms with Gasteiger partial charge in [0, 0.05) is 12.2 Å². The summed E-state index contributed by atoms with van der Waals surface area (Å²) in [7, 11) is -4.22. The summed E-state index contributed by atoms with van der Waals surface area (Å²) >= 11 is 6.57. The minimum atomic E-state index is -4.22. The van der Waals surface area contributed by atoms with E-state index >= 15 is 0 Å². The van der Waals surface area contributed by atoms with E-state index in [1.807, 2.05) is 37.3 Å². The van der Waals surface area contributed by atoms with Gasteiger partial charge in [0.05, 0.1) is 20.7 Å². The Kier molecular flexibility index (Phi) is 6.50. The highest BCUT2D eigenvalue weighted by molar-refractivity contribution is 7.85. The number of thiazole rings is 1. The zero-order valence-electron chi connectivity index (χ0n) is 15.3. The molecule has 0 saturated carbocycles. The van der Waals surface area contributed by atoms with E-state index in [2.05, 4.69) is 20.0 Å². The van der Waals surface area contributed by atoms with Crippen LogP contribution in [0.5, 0.6) is 0 Å². The number of H-pyrrole nitrogens is 1. The number of nitrogen functional groups attached to an aromatic ring is 1. The van der Waals surface area contributed by atoms with Gasteiger partial charge in [-0.3, -0.25) is 9.65 Å². The minimum absolute atomic E-state index is 0.155. The van der Waals surface area contributed by atoms with Gasteiger partial charge in [-0.15, -0.1) is 11.3 Å². The van der Waals surface area contributed by atoms with E-state index < -0.39 is 10.1 Å². The fourth-order valence-corrected chi connectivity index (χ4v) is 4.42. The number of hydrogen-bond donors (Lipinski definition) is 4. The van der Waals surface area contributed by atoms with E-state index in [-0.39, 0.29) is 4.90 Å². The lowest BCUT2D eigenvalue weighted by molar-refractivity contribution is 0.483. The number of anilines is 1. The molecule has 4 rings (SSSR count). The monoisotopic (exact) mass is 451 g/mol. The molecule has 0 bridgehead atoms. The summed E-state index contributed by atoms with van der Waals surface area (Å²) in [6.07, 6.45) is 0. The molecule has 0 unspecified atom stereocenters. The molecular formula is C18H18ClN5O3S2. The Bertz CT molecular complexity index is 1200. The lowest BCUT2D eigenvalue weighted by Gasteiger charge is -1.94. The van der Waals surface area contributed by atoms with Crippen molar-refractivity contribution in [3.63, 3.8) is 0 Å².